The lowest BCUT2D eigenvalue weighted by Crippen LogP contribution is -2.35. The third-order valence-electron chi connectivity index (χ3n) is 3.84. The fourth-order valence-corrected chi connectivity index (χ4v) is 2.69. The van der Waals surface area contributed by atoms with Crippen molar-refractivity contribution in [2.24, 2.45) is 5.16 Å². The molecule has 4 nitrogen and oxygen atoms in total. The van der Waals surface area contributed by atoms with Gasteiger partial charge in [-0.3, -0.25) is 4.79 Å². The van der Waals surface area contributed by atoms with Crippen molar-refractivity contribution in [1.82, 2.24) is 4.90 Å². The van der Waals surface area contributed by atoms with Crippen LogP contribution in [0.15, 0.2) is 53.7 Å². The van der Waals surface area contributed by atoms with E-state index in [1.54, 1.807) is 31.3 Å². The second-order valence-electron chi connectivity index (χ2n) is 5.64. The monoisotopic (exact) mass is 346 g/mol. The number of carbonyl (C=O) groups excluding carboxylic acids is 1. The van der Waals surface area contributed by atoms with E-state index in [0.717, 1.165) is 11.3 Å². The van der Waals surface area contributed by atoms with Crippen molar-refractivity contribution in [3.05, 3.63) is 70.5 Å². The number of hydrogen-bond acceptors (Lipinski definition) is 3. The summed E-state index contributed by atoms with van der Waals surface area (Å²) in [4.78, 5) is 19.2. The molecule has 1 atom stereocenters. The van der Waals surface area contributed by atoms with E-state index in [-0.39, 0.29) is 17.6 Å². The highest BCUT2D eigenvalue weighted by atomic mass is 35.5. The predicted molar refractivity (Wildman–Crippen MR) is 90.8 cm³/mol. The number of rotatable bonds is 4. The van der Waals surface area contributed by atoms with Gasteiger partial charge in [0.05, 0.1) is 17.8 Å². The Balaban J connectivity index is 1.61. The Morgan fingerprint density at radius 3 is 2.71 bits per heavy atom. The first-order valence-electron chi connectivity index (χ1n) is 7.53. The summed E-state index contributed by atoms with van der Waals surface area (Å²) in [6.07, 6.45) is 0.327. The number of halogens is 2. The van der Waals surface area contributed by atoms with Crippen LogP contribution in [0, 0.1) is 5.82 Å². The second-order valence-corrected chi connectivity index (χ2v) is 6.08. The van der Waals surface area contributed by atoms with Crippen LogP contribution in [0.5, 0.6) is 0 Å². The van der Waals surface area contributed by atoms with Gasteiger partial charge in [-0.05, 0) is 29.8 Å². The topological polar surface area (TPSA) is 41.9 Å². The highest BCUT2D eigenvalue weighted by Gasteiger charge is 2.26. The molecule has 6 heteroatoms. The van der Waals surface area contributed by atoms with Gasteiger partial charge in [0.1, 0.15) is 5.82 Å². The van der Waals surface area contributed by atoms with Crippen molar-refractivity contribution < 1.29 is 14.0 Å². The quantitative estimate of drug-likeness (QED) is 0.846. The molecule has 0 bridgehead atoms. The molecule has 0 saturated carbocycles. The fraction of sp³-hybridized carbons (Fsp3) is 0.222. The van der Waals surface area contributed by atoms with E-state index in [1.165, 1.54) is 17.0 Å². The lowest BCUT2D eigenvalue weighted by Gasteiger charge is -2.20. The van der Waals surface area contributed by atoms with Crippen molar-refractivity contribution in [3.63, 3.8) is 0 Å². The van der Waals surface area contributed by atoms with Crippen molar-refractivity contribution >= 4 is 23.2 Å². The molecule has 0 spiro atoms. The summed E-state index contributed by atoms with van der Waals surface area (Å²) in [6, 6.07) is 13.3. The number of carbonyl (C=O) groups is 1. The molecular weight excluding hydrogens is 331 g/mol. The number of nitrogens with zero attached hydrogens (tertiary/aromatic N) is 2. The molecule has 1 heterocycles. The summed E-state index contributed by atoms with van der Waals surface area (Å²) in [5.74, 6) is -0.906. The highest BCUT2D eigenvalue weighted by Crippen LogP contribution is 2.20. The van der Waals surface area contributed by atoms with E-state index in [9.17, 15) is 9.18 Å². The molecule has 0 aromatic heterocycles. The fourth-order valence-electron chi connectivity index (χ4n) is 2.57. The van der Waals surface area contributed by atoms with Gasteiger partial charge in [-0.2, -0.15) is 0 Å². The van der Waals surface area contributed by atoms with Crippen LogP contribution in [-0.2, 0) is 4.84 Å². The lowest BCUT2D eigenvalue weighted by molar-refractivity contribution is 0.0479. The van der Waals surface area contributed by atoms with Gasteiger partial charge in [0, 0.05) is 18.5 Å². The summed E-state index contributed by atoms with van der Waals surface area (Å²) < 4.78 is 13.7. The van der Waals surface area contributed by atoms with Gasteiger partial charge in [-0.15, -0.1) is 0 Å². The van der Waals surface area contributed by atoms with Crippen molar-refractivity contribution in [2.45, 2.75) is 12.5 Å². The highest BCUT2D eigenvalue weighted by molar-refractivity contribution is 6.30. The van der Waals surface area contributed by atoms with Gasteiger partial charge >= 0.3 is 0 Å². The third kappa shape index (κ3) is 3.57. The van der Waals surface area contributed by atoms with Crippen LogP contribution in [0.25, 0.3) is 0 Å². The Bertz CT molecular complexity index is 777. The molecule has 0 radical (unpaired) electrons. The van der Waals surface area contributed by atoms with E-state index >= 15 is 0 Å². The molecule has 1 unspecified atom stereocenters. The molecule has 3 rings (SSSR count). The second kappa shape index (κ2) is 7.01. The SMILES string of the molecule is CN(CC1CC(c2ccc(Cl)cc2)=NO1)C(=O)c1ccccc1F. The summed E-state index contributed by atoms with van der Waals surface area (Å²) in [7, 11) is 1.62. The minimum Gasteiger partial charge on any atom is -0.390 e. The van der Waals surface area contributed by atoms with Crippen LogP contribution in [0.2, 0.25) is 5.02 Å². The molecule has 2 aromatic carbocycles. The average molecular weight is 347 g/mol. The number of oxime groups is 1. The maximum atomic E-state index is 13.7. The Labute approximate surface area is 144 Å². The van der Waals surface area contributed by atoms with Crippen LogP contribution in [-0.4, -0.2) is 36.2 Å². The van der Waals surface area contributed by atoms with Crippen LogP contribution in [0.1, 0.15) is 22.3 Å². The number of likely N-dealkylation sites (N-methyl/N-ethyl adjacent to an activating group) is 1. The number of hydrogen-bond donors (Lipinski definition) is 0. The lowest BCUT2D eigenvalue weighted by atomic mass is 10.0. The Morgan fingerprint density at radius 2 is 2.00 bits per heavy atom. The largest absolute Gasteiger partial charge is 0.390 e. The predicted octanol–water partition coefficient (Wildman–Crippen LogP) is 3.74. The molecule has 2 aromatic rings. The summed E-state index contributed by atoms with van der Waals surface area (Å²) >= 11 is 5.88. The van der Waals surface area contributed by atoms with E-state index in [0.29, 0.717) is 18.0 Å². The minimum absolute atomic E-state index is 0.0526. The van der Waals surface area contributed by atoms with Gasteiger partial charge < -0.3 is 9.74 Å². The van der Waals surface area contributed by atoms with Crippen LogP contribution in [0.3, 0.4) is 0 Å². The average Bonchev–Trinajstić information content (AvgIpc) is 3.04. The molecule has 1 aliphatic rings. The summed E-state index contributed by atoms with van der Waals surface area (Å²) in [6.45, 7) is 0.327. The molecule has 0 N–H and O–H groups in total. The van der Waals surface area contributed by atoms with E-state index in [2.05, 4.69) is 5.16 Å². The summed E-state index contributed by atoms with van der Waals surface area (Å²) in [5, 5.41) is 4.74. The minimum atomic E-state index is -0.528. The standard InChI is InChI=1S/C18H16ClFN2O2/c1-22(18(23)15-4-2-3-5-16(15)20)11-14-10-17(21-24-14)12-6-8-13(19)9-7-12/h2-9,14H,10-11H2,1H3. The Hall–Kier alpha value is -2.40. The summed E-state index contributed by atoms with van der Waals surface area (Å²) in [5.41, 5.74) is 1.80. The first-order valence-corrected chi connectivity index (χ1v) is 7.91. The van der Waals surface area contributed by atoms with Crippen molar-refractivity contribution in [1.29, 1.82) is 0 Å². The molecule has 1 amide bonds. The molecule has 0 aliphatic carbocycles. The zero-order valence-electron chi connectivity index (χ0n) is 13.1. The van der Waals surface area contributed by atoms with Gasteiger partial charge in [-0.1, -0.05) is 41.0 Å². The van der Waals surface area contributed by atoms with Gasteiger partial charge in [0.15, 0.2) is 6.10 Å². The zero-order valence-corrected chi connectivity index (χ0v) is 13.8. The van der Waals surface area contributed by atoms with Crippen LogP contribution < -0.4 is 0 Å². The normalized spacial score (nSPS) is 16.5. The maximum Gasteiger partial charge on any atom is 0.256 e. The maximum absolute atomic E-state index is 13.7. The van der Waals surface area contributed by atoms with E-state index in [4.69, 9.17) is 16.4 Å². The van der Waals surface area contributed by atoms with Crippen molar-refractivity contribution in [3.8, 4) is 0 Å². The first-order chi connectivity index (χ1) is 11.5. The van der Waals surface area contributed by atoms with Gasteiger partial charge in [0.2, 0.25) is 0 Å². The molecule has 124 valence electrons. The van der Waals surface area contributed by atoms with Gasteiger partial charge in [-0.25, -0.2) is 4.39 Å². The molecule has 0 fully saturated rings. The smallest absolute Gasteiger partial charge is 0.256 e. The van der Waals surface area contributed by atoms with Crippen LogP contribution in [0.4, 0.5) is 4.39 Å². The first kappa shape index (κ1) is 16.5. The number of benzene rings is 2. The molecular formula is C18H16ClFN2O2. The van der Waals surface area contributed by atoms with Crippen molar-refractivity contribution in [2.75, 3.05) is 13.6 Å². The Kier molecular flexibility index (Phi) is 4.81. The zero-order chi connectivity index (χ0) is 17.1. The Morgan fingerprint density at radius 1 is 1.29 bits per heavy atom. The third-order valence-corrected chi connectivity index (χ3v) is 4.09. The van der Waals surface area contributed by atoms with Gasteiger partial charge in [0.25, 0.3) is 5.91 Å². The molecule has 24 heavy (non-hydrogen) atoms. The molecule has 1 aliphatic heterocycles. The van der Waals surface area contributed by atoms with E-state index in [1.807, 2.05) is 12.1 Å². The van der Waals surface area contributed by atoms with Crippen LogP contribution >= 0.6 is 11.6 Å². The molecule has 0 saturated heterocycles. The number of amides is 1. The van der Waals surface area contributed by atoms with E-state index < -0.39 is 5.82 Å².